The minimum absolute atomic E-state index is 0.0105. The maximum absolute atomic E-state index is 13.9. The molecule has 1 saturated heterocycles. The van der Waals surface area contributed by atoms with Crippen LogP contribution < -0.4 is 14.4 Å². The average molecular weight is 415 g/mol. The van der Waals surface area contributed by atoms with E-state index in [1.165, 1.54) is 0 Å². The molecule has 5 heteroatoms. The van der Waals surface area contributed by atoms with Crippen molar-refractivity contribution < 1.29 is 14.3 Å². The summed E-state index contributed by atoms with van der Waals surface area (Å²) < 4.78 is 11.9. The predicted molar refractivity (Wildman–Crippen MR) is 120 cm³/mol. The van der Waals surface area contributed by atoms with Crippen LogP contribution in [0.2, 0.25) is 0 Å². The van der Waals surface area contributed by atoms with Gasteiger partial charge in [0.15, 0.2) is 0 Å². The first-order valence-electron chi connectivity index (χ1n) is 10.7. The first-order chi connectivity index (χ1) is 15.2. The Hall–Kier alpha value is -3.31. The third-order valence-electron chi connectivity index (χ3n) is 6.12. The summed E-state index contributed by atoms with van der Waals surface area (Å²) in [6.07, 6.45) is 0.678. The van der Waals surface area contributed by atoms with E-state index in [2.05, 4.69) is 23.1 Å². The SMILES string of the molecule is COc1ccccc1CN1CC2CC1C(=O)N(Cc1ccccc1)c1ccccc1O2. The molecule has 3 aromatic rings. The van der Waals surface area contributed by atoms with Gasteiger partial charge in [-0.2, -0.15) is 0 Å². The van der Waals surface area contributed by atoms with Crippen molar-refractivity contribution in [1.82, 2.24) is 4.90 Å². The number of amides is 1. The lowest BCUT2D eigenvalue weighted by molar-refractivity contribution is -0.123. The van der Waals surface area contributed by atoms with Gasteiger partial charge in [-0.25, -0.2) is 0 Å². The van der Waals surface area contributed by atoms with E-state index < -0.39 is 0 Å². The van der Waals surface area contributed by atoms with Gasteiger partial charge in [0, 0.05) is 25.1 Å². The highest BCUT2D eigenvalue weighted by Gasteiger charge is 2.43. The van der Waals surface area contributed by atoms with E-state index in [0.29, 0.717) is 26.1 Å². The normalized spacial score (nSPS) is 20.5. The molecule has 0 radical (unpaired) electrons. The number of carbonyl (C=O) groups is 1. The molecule has 31 heavy (non-hydrogen) atoms. The Labute approximate surface area is 182 Å². The molecule has 0 N–H and O–H groups in total. The molecule has 2 aliphatic rings. The molecule has 158 valence electrons. The fourth-order valence-corrected chi connectivity index (χ4v) is 4.62. The number of hydrogen-bond donors (Lipinski definition) is 0. The molecular formula is C26H26N2O3. The van der Waals surface area contributed by atoms with Gasteiger partial charge in [0.1, 0.15) is 17.6 Å². The summed E-state index contributed by atoms with van der Waals surface area (Å²) in [5.41, 5.74) is 3.01. The van der Waals surface area contributed by atoms with Gasteiger partial charge in [-0.3, -0.25) is 9.69 Å². The van der Waals surface area contributed by atoms with Crippen LogP contribution in [0.15, 0.2) is 78.9 Å². The van der Waals surface area contributed by atoms with E-state index in [4.69, 9.17) is 9.47 Å². The second kappa shape index (κ2) is 8.44. The summed E-state index contributed by atoms with van der Waals surface area (Å²) in [5.74, 6) is 1.74. The highest BCUT2D eigenvalue weighted by atomic mass is 16.5. The highest BCUT2D eigenvalue weighted by Crippen LogP contribution is 2.37. The van der Waals surface area contributed by atoms with Gasteiger partial charge in [0.25, 0.3) is 0 Å². The minimum atomic E-state index is -0.230. The van der Waals surface area contributed by atoms with Gasteiger partial charge in [-0.15, -0.1) is 0 Å². The van der Waals surface area contributed by atoms with Crippen molar-refractivity contribution in [2.24, 2.45) is 0 Å². The van der Waals surface area contributed by atoms with Crippen molar-refractivity contribution >= 4 is 11.6 Å². The number of likely N-dealkylation sites (tertiary alicyclic amines) is 1. The quantitative estimate of drug-likeness (QED) is 0.626. The first kappa shape index (κ1) is 19.6. The van der Waals surface area contributed by atoms with E-state index in [1.807, 2.05) is 65.6 Å². The zero-order valence-electron chi connectivity index (χ0n) is 17.6. The van der Waals surface area contributed by atoms with Crippen molar-refractivity contribution in [2.75, 3.05) is 18.6 Å². The van der Waals surface area contributed by atoms with Crippen LogP contribution in [0.3, 0.4) is 0 Å². The number of hydrogen-bond acceptors (Lipinski definition) is 4. The smallest absolute Gasteiger partial charge is 0.244 e. The number of carbonyl (C=O) groups excluding carboxylic acids is 1. The Kier molecular flexibility index (Phi) is 5.35. The number of ether oxygens (including phenoxy) is 2. The second-order valence-electron chi connectivity index (χ2n) is 8.11. The van der Waals surface area contributed by atoms with E-state index in [9.17, 15) is 4.79 Å². The number of nitrogens with zero attached hydrogens (tertiary/aromatic N) is 2. The van der Waals surface area contributed by atoms with Crippen molar-refractivity contribution in [2.45, 2.75) is 31.7 Å². The van der Waals surface area contributed by atoms with Crippen LogP contribution in [-0.4, -0.2) is 36.6 Å². The Morgan fingerprint density at radius 1 is 0.935 bits per heavy atom. The van der Waals surface area contributed by atoms with Gasteiger partial charge in [0.2, 0.25) is 5.91 Å². The van der Waals surface area contributed by atoms with Gasteiger partial charge in [-0.05, 0) is 23.8 Å². The number of para-hydroxylation sites is 3. The number of methoxy groups -OCH3 is 1. The van der Waals surface area contributed by atoms with E-state index in [0.717, 1.165) is 28.3 Å². The summed E-state index contributed by atoms with van der Waals surface area (Å²) in [6.45, 7) is 1.88. The largest absolute Gasteiger partial charge is 0.496 e. The van der Waals surface area contributed by atoms with Gasteiger partial charge in [0.05, 0.1) is 25.4 Å². The number of benzene rings is 3. The van der Waals surface area contributed by atoms with Crippen LogP contribution >= 0.6 is 0 Å². The monoisotopic (exact) mass is 414 g/mol. The summed E-state index contributed by atoms with van der Waals surface area (Å²) in [6, 6.07) is 25.7. The highest BCUT2D eigenvalue weighted by molar-refractivity contribution is 5.99. The molecule has 0 saturated carbocycles. The number of anilines is 1. The van der Waals surface area contributed by atoms with Crippen LogP contribution in [0.1, 0.15) is 17.5 Å². The molecule has 0 aliphatic carbocycles. The molecule has 2 heterocycles. The Morgan fingerprint density at radius 3 is 2.52 bits per heavy atom. The lowest BCUT2D eigenvalue weighted by Crippen LogP contribution is -2.45. The summed E-state index contributed by atoms with van der Waals surface area (Å²) in [5, 5.41) is 0. The van der Waals surface area contributed by atoms with Gasteiger partial charge >= 0.3 is 0 Å². The fourth-order valence-electron chi connectivity index (χ4n) is 4.62. The van der Waals surface area contributed by atoms with Crippen LogP contribution in [0.4, 0.5) is 5.69 Å². The Bertz CT molecular complexity index is 1070. The molecule has 1 fully saturated rings. The van der Waals surface area contributed by atoms with Crippen molar-refractivity contribution in [3.8, 4) is 11.5 Å². The molecule has 0 aromatic heterocycles. The number of rotatable bonds is 5. The lowest BCUT2D eigenvalue weighted by atomic mass is 10.1. The Morgan fingerprint density at radius 2 is 1.68 bits per heavy atom. The van der Waals surface area contributed by atoms with Crippen LogP contribution in [0.25, 0.3) is 0 Å². The Balaban J connectivity index is 1.49. The molecule has 0 spiro atoms. The second-order valence-corrected chi connectivity index (χ2v) is 8.11. The van der Waals surface area contributed by atoms with Gasteiger partial charge in [-0.1, -0.05) is 60.7 Å². The molecule has 2 bridgehead atoms. The van der Waals surface area contributed by atoms with Crippen molar-refractivity contribution in [3.05, 3.63) is 90.0 Å². The summed E-state index contributed by atoms with van der Waals surface area (Å²) >= 11 is 0. The third-order valence-corrected chi connectivity index (χ3v) is 6.12. The third kappa shape index (κ3) is 3.89. The molecule has 2 atom stereocenters. The molecule has 2 unspecified atom stereocenters. The fraction of sp³-hybridized carbons (Fsp3) is 0.269. The summed E-state index contributed by atoms with van der Waals surface area (Å²) in [7, 11) is 1.68. The maximum Gasteiger partial charge on any atom is 0.244 e. The van der Waals surface area contributed by atoms with Crippen LogP contribution in [0, 0.1) is 0 Å². The molecule has 5 nitrogen and oxygen atoms in total. The first-order valence-corrected chi connectivity index (χ1v) is 10.7. The molecule has 2 aliphatic heterocycles. The topological polar surface area (TPSA) is 42.0 Å². The van der Waals surface area contributed by atoms with Crippen LogP contribution in [0.5, 0.6) is 11.5 Å². The average Bonchev–Trinajstić information content (AvgIpc) is 3.21. The maximum atomic E-state index is 13.9. The number of fused-ring (bicyclic) bond motifs is 3. The van der Waals surface area contributed by atoms with E-state index >= 15 is 0 Å². The molecule has 1 amide bonds. The minimum Gasteiger partial charge on any atom is -0.496 e. The molecular weight excluding hydrogens is 388 g/mol. The van der Waals surface area contributed by atoms with Crippen molar-refractivity contribution in [3.63, 3.8) is 0 Å². The lowest BCUT2D eigenvalue weighted by Gasteiger charge is -2.32. The zero-order valence-corrected chi connectivity index (χ0v) is 17.6. The standard InChI is InChI=1S/C26H26N2O3/c1-30-24-13-7-5-11-20(24)17-27-18-21-15-23(27)26(29)28(16-19-9-3-2-4-10-19)22-12-6-8-14-25(22)31-21/h2-14,21,23H,15-18H2,1H3. The van der Waals surface area contributed by atoms with E-state index in [1.54, 1.807) is 7.11 Å². The molecule has 3 aromatic carbocycles. The predicted octanol–water partition coefficient (Wildman–Crippen LogP) is 4.26. The molecule has 5 rings (SSSR count). The van der Waals surface area contributed by atoms with Gasteiger partial charge < -0.3 is 14.4 Å². The van der Waals surface area contributed by atoms with Crippen LogP contribution in [-0.2, 0) is 17.9 Å². The summed E-state index contributed by atoms with van der Waals surface area (Å²) in [4.78, 5) is 18.0. The van der Waals surface area contributed by atoms with Crippen molar-refractivity contribution in [1.29, 1.82) is 0 Å². The zero-order chi connectivity index (χ0) is 21.2. The van der Waals surface area contributed by atoms with E-state index in [-0.39, 0.29) is 18.1 Å².